The summed E-state index contributed by atoms with van der Waals surface area (Å²) >= 11 is 0. The highest BCUT2D eigenvalue weighted by Crippen LogP contribution is 2.33. The molecule has 0 bridgehead atoms. The van der Waals surface area contributed by atoms with E-state index in [1.165, 1.54) is 11.6 Å². The summed E-state index contributed by atoms with van der Waals surface area (Å²) in [6, 6.07) is 9.86. The minimum atomic E-state index is -0.339. The van der Waals surface area contributed by atoms with E-state index in [0.717, 1.165) is 10.1 Å². The van der Waals surface area contributed by atoms with Crippen molar-refractivity contribution >= 4 is 11.5 Å². The van der Waals surface area contributed by atoms with Crippen molar-refractivity contribution < 1.29 is 0 Å². The zero-order valence-electron chi connectivity index (χ0n) is 12.2. The lowest BCUT2D eigenvalue weighted by atomic mass is 10.2. The summed E-state index contributed by atoms with van der Waals surface area (Å²) in [6.45, 7) is 3.65. The van der Waals surface area contributed by atoms with Crippen LogP contribution in [0.3, 0.4) is 0 Å². The molecule has 1 aromatic carbocycles. The van der Waals surface area contributed by atoms with E-state index in [-0.39, 0.29) is 11.2 Å². The van der Waals surface area contributed by atoms with Crippen LogP contribution in [0.5, 0.6) is 0 Å². The Morgan fingerprint density at radius 1 is 1.00 bits per heavy atom. The number of hydrogen-bond acceptors (Lipinski definition) is 4. The van der Waals surface area contributed by atoms with Gasteiger partial charge in [-0.3, -0.25) is 13.9 Å². The predicted molar refractivity (Wildman–Crippen MR) is 81.2 cm³/mol. The van der Waals surface area contributed by atoms with E-state index in [2.05, 4.69) is 6.67 Å². The number of hydrogen-bond donors (Lipinski definition) is 0. The molecule has 6 heteroatoms. The molecule has 3 rings (SSSR count). The topological polar surface area (TPSA) is 50.5 Å². The van der Waals surface area contributed by atoms with Gasteiger partial charge in [0.1, 0.15) is 11.5 Å². The van der Waals surface area contributed by atoms with Crippen molar-refractivity contribution in [3.8, 4) is 0 Å². The number of aromatic nitrogens is 2. The molecule has 0 unspecified atom stereocenters. The van der Waals surface area contributed by atoms with Gasteiger partial charge in [-0.25, -0.2) is 4.79 Å². The maximum Gasteiger partial charge on any atom is 0.332 e. The molecule has 0 saturated heterocycles. The fourth-order valence-electron chi connectivity index (χ4n) is 2.57. The Kier molecular flexibility index (Phi) is 3.08. The van der Waals surface area contributed by atoms with Gasteiger partial charge in [-0.05, 0) is 5.56 Å². The molecular weight excluding hydrogens is 268 g/mol. The van der Waals surface area contributed by atoms with Crippen LogP contribution >= 0.6 is 0 Å². The number of nitrogens with zero attached hydrogens (tertiary/aromatic N) is 4. The molecule has 1 aliphatic rings. The van der Waals surface area contributed by atoms with Gasteiger partial charge in [-0.2, -0.15) is 0 Å². The van der Waals surface area contributed by atoms with Gasteiger partial charge in [0.2, 0.25) is 6.67 Å². The van der Waals surface area contributed by atoms with Crippen LogP contribution in [0.25, 0.3) is 0 Å². The van der Waals surface area contributed by atoms with Crippen molar-refractivity contribution in [3.63, 3.8) is 0 Å². The Labute approximate surface area is 122 Å². The van der Waals surface area contributed by atoms with Crippen molar-refractivity contribution in [3.05, 3.63) is 63.4 Å². The Morgan fingerprint density at radius 2 is 1.67 bits per heavy atom. The molecule has 0 aliphatic carbocycles. The van der Waals surface area contributed by atoms with Crippen molar-refractivity contribution in [1.82, 2.24) is 9.13 Å². The van der Waals surface area contributed by atoms with E-state index in [1.807, 2.05) is 30.3 Å². The largest absolute Gasteiger partial charge is 0.337 e. The number of benzene rings is 1. The quantitative estimate of drug-likeness (QED) is 0.807. The first kappa shape index (κ1) is 13.5. The Balaban J connectivity index is 2.12. The lowest BCUT2D eigenvalue weighted by Gasteiger charge is -2.19. The lowest BCUT2D eigenvalue weighted by Crippen LogP contribution is -2.39. The van der Waals surface area contributed by atoms with Crippen LogP contribution < -0.4 is 21.0 Å². The second-order valence-electron chi connectivity index (χ2n) is 5.11. The molecular formula is C15H16N4O2. The number of rotatable bonds is 2. The zero-order valence-corrected chi connectivity index (χ0v) is 12.2. The third kappa shape index (κ3) is 2.03. The monoisotopic (exact) mass is 284 g/mol. The SMILES string of the molecule is CN1[C]N(Cc2ccccc2)c2c1c(=O)n(C)c(=O)n2C. The Bertz CT molecular complexity index is 792. The van der Waals surface area contributed by atoms with Gasteiger partial charge in [0.05, 0.1) is 0 Å². The molecule has 2 radical (unpaired) electrons. The van der Waals surface area contributed by atoms with E-state index in [0.29, 0.717) is 18.1 Å². The van der Waals surface area contributed by atoms with Gasteiger partial charge < -0.3 is 9.80 Å². The van der Waals surface area contributed by atoms with Gasteiger partial charge in [0.15, 0.2) is 0 Å². The Hall–Kier alpha value is -2.50. The zero-order chi connectivity index (χ0) is 15.1. The van der Waals surface area contributed by atoms with Crippen LogP contribution in [0.1, 0.15) is 5.56 Å². The molecule has 0 N–H and O–H groups in total. The molecule has 108 valence electrons. The van der Waals surface area contributed by atoms with E-state index in [1.54, 1.807) is 23.9 Å². The maximum absolute atomic E-state index is 12.3. The van der Waals surface area contributed by atoms with E-state index >= 15 is 0 Å². The van der Waals surface area contributed by atoms with Crippen LogP contribution in [-0.4, -0.2) is 16.2 Å². The maximum atomic E-state index is 12.3. The average Bonchev–Trinajstić information content (AvgIpc) is 2.80. The Morgan fingerprint density at radius 3 is 2.33 bits per heavy atom. The lowest BCUT2D eigenvalue weighted by molar-refractivity contribution is 0.684. The summed E-state index contributed by atoms with van der Waals surface area (Å²) in [5.41, 5.74) is 0.905. The molecule has 0 saturated carbocycles. The third-order valence-electron chi connectivity index (χ3n) is 3.66. The molecule has 6 nitrogen and oxygen atoms in total. The number of anilines is 2. The fraction of sp³-hybridized carbons (Fsp3) is 0.267. The van der Waals surface area contributed by atoms with Crippen molar-refractivity contribution in [2.24, 2.45) is 14.1 Å². The van der Waals surface area contributed by atoms with Gasteiger partial charge in [-0.15, -0.1) is 0 Å². The van der Waals surface area contributed by atoms with Crippen LogP contribution in [0.2, 0.25) is 0 Å². The predicted octanol–water partition coefficient (Wildman–Crippen LogP) is 0.537. The second-order valence-corrected chi connectivity index (χ2v) is 5.11. The van der Waals surface area contributed by atoms with Gasteiger partial charge in [0.25, 0.3) is 5.56 Å². The normalized spacial score (nSPS) is 13.7. The molecule has 0 spiro atoms. The second kappa shape index (κ2) is 4.80. The van der Waals surface area contributed by atoms with Crippen LogP contribution in [-0.2, 0) is 20.6 Å². The van der Waals surface area contributed by atoms with Gasteiger partial charge in [-0.1, -0.05) is 30.3 Å². The van der Waals surface area contributed by atoms with Crippen molar-refractivity contribution in [1.29, 1.82) is 0 Å². The smallest absolute Gasteiger partial charge is 0.332 e. The summed E-state index contributed by atoms with van der Waals surface area (Å²) in [5.74, 6) is 0.578. The summed E-state index contributed by atoms with van der Waals surface area (Å²) in [7, 11) is 4.91. The van der Waals surface area contributed by atoms with E-state index < -0.39 is 0 Å². The molecule has 0 atom stereocenters. The van der Waals surface area contributed by atoms with Crippen LogP contribution in [0, 0.1) is 6.67 Å². The highest BCUT2D eigenvalue weighted by Gasteiger charge is 2.32. The minimum Gasteiger partial charge on any atom is -0.337 e. The van der Waals surface area contributed by atoms with E-state index in [9.17, 15) is 9.59 Å². The molecule has 2 heterocycles. The molecule has 0 amide bonds. The molecule has 0 fully saturated rings. The van der Waals surface area contributed by atoms with Crippen LogP contribution in [0.15, 0.2) is 39.9 Å². The summed E-state index contributed by atoms with van der Waals surface area (Å²) in [5, 5.41) is 0. The summed E-state index contributed by atoms with van der Waals surface area (Å²) in [6.07, 6.45) is 0. The first-order valence-electron chi connectivity index (χ1n) is 6.62. The summed E-state index contributed by atoms with van der Waals surface area (Å²) < 4.78 is 2.60. The third-order valence-corrected chi connectivity index (χ3v) is 3.66. The number of fused-ring (bicyclic) bond motifs is 1. The first-order chi connectivity index (χ1) is 10.0. The minimum absolute atomic E-state index is 0.307. The average molecular weight is 284 g/mol. The van der Waals surface area contributed by atoms with Crippen molar-refractivity contribution in [2.45, 2.75) is 6.54 Å². The standard InChI is InChI=1S/C15H16N4O2/c1-16-10-19(9-11-7-5-4-6-8-11)13-12(16)14(20)18(3)15(21)17(13)2/h4-8H,9H2,1-3H3. The molecule has 1 aliphatic heterocycles. The van der Waals surface area contributed by atoms with Crippen molar-refractivity contribution in [2.75, 3.05) is 16.8 Å². The highest BCUT2D eigenvalue weighted by atomic mass is 16.2. The molecule has 1 aromatic heterocycles. The molecule has 21 heavy (non-hydrogen) atoms. The fourth-order valence-corrected chi connectivity index (χ4v) is 2.57. The summed E-state index contributed by atoms with van der Waals surface area (Å²) in [4.78, 5) is 27.8. The van der Waals surface area contributed by atoms with Gasteiger partial charge >= 0.3 is 5.69 Å². The van der Waals surface area contributed by atoms with Crippen LogP contribution in [0.4, 0.5) is 11.5 Å². The van der Waals surface area contributed by atoms with Gasteiger partial charge in [0, 0.05) is 27.7 Å². The first-order valence-corrected chi connectivity index (χ1v) is 6.62. The highest BCUT2D eigenvalue weighted by molar-refractivity contribution is 5.74. The van der Waals surface area contributed by atoms with E-state index in [4.69, 9.17) is 0 Å². The molecule has 2 aromatic rings.